The fourth-order valence-electron chi connectivity index (χ4n) is 2.51. The van der Waals surface area contributed by atoms with E-state index in [1.807, 2.05) is 10.9 Å². The van der Waals surface area contributed by atoms with Gasteiger partial charge >= 0.3 is 0 Å². The van der Waals surface area contributed by atoms with Crippen LogP contribution in [-0.2, 0) is 6.54 Å². The second-order valence-corrected chi connectivity index (χ2v) is 4.33. The van der Waals surface area contributed by atoms with E-state index >= 15 is 0 Å². The van der Waals surface area contributed by atoms with Crippen molar-refractivity contribution in [1.82, 2.24) is 20.3 Å². The highest BCUT2D eigenvalue weighted by atomic mass is 15.4. The Morgan fingerprint density at radius 2 is 2.40 bits per heavy atom. The second-order valence-electron chi connectivity index (χ2n) is 4.33. The lowest BCUT2D eigenvalue weighted by atomic mass is 10.0. The Morgan fingerprint density at radius 3 is 3.13 bits per heavy atom. The molecule has 1 aromatic heterocycles. The van der Waals surface area contributed by atoms with Gasteiger partial charge in [0.1, 0.15) is 0 Å². The van der Waals surface area contributed by atoms with Crippen LogP contribution in [0.2, 0.25) is 0 Å². The Labute approximate surface area is 91.1 Å². The summed E-state index contributed by atoms with van der Waals surface area (Å²) >= 11 is 0. The van der Waals surface area contributed by atoms with Gasteiger partial charge in [-0.2, -0.15) is 0 Å². The van der Waals surface area contributed by atoms with E-state index in [-0.39, 0.29) is 0 Å². The maximum absolute atomic E-state index is 3.95. The zero-order valence-electron chi connectivity index (χ0n) is 9.39. The molecule has 0 aliphatic heterocycles. The highest BCUT2D eigenvalue weighted by Crippen LogP contribution is 2.27. The van der Waals surface area contributed by atoms with Gasteiger partial charge in [0, 0.05) is 18.8 Å². The smallest absolute Gasteiger partial charge is 0.0692 e. The first-order valence-corrected chi connectivity index (χ1v) is 5.97. The van der Waals surface area contributed by atoms with Gasteiger partial charge in [0.2, 0.25) is 0 Å². The predicted octanol–water partition coefficient (Wildman–Crippen LogP) is 1.45. The molecule has 0 aromatic carbocycles. The molecule has 1 heterocycles. The third-order valence-corrected chi connectivity index (χ3v) is 3.40. The first-order chi connectivity index (χ1) is 7.40. The minimum absolute atomic E-state index is 0.735. The van der Waals surface area contributed by atoms with Gasteiger partial charge in [0.25, 0.3) is 0 Å². The van der Waals surface area contributed by atoms with Crippen LogP contribution in [0.5, 0.6) is 0 Å². The Balaban J connectivity index is 1.69. The quantitative estimate of drug-likeness (QED) is 0.796. The highest BCUT2D eigenvalue weighted by molar-refractivity contribution is 4.82. The lowest BCUT2D eigenvalue weighted by molar-refractivity contribution is 0.378. The molecule has 0 bridgehead atoms. The van der Waals surface area contributed by atoms with Crippen LogP contribution in [0.15, 0.2) is 12.4 Å². The Bertz CT molecular complexity index is 270. The zero-order valence-corrected chi connectivity index (χ0v) is 9.39. The summed E-state index contributed by atoms with van der Waals surface area (Å²) in [6.45, 7) is 4.22. The van der Waals surface area contributed by atoms with Gasteiger partial charge in [-0.1, -0.05) is 25.0 Å². The largest absolute Gasteiger partial charge is 0.312 e. The summed E-state index contributed by atoms with van der Waals surface area (Å²) in [6.07, 6.45) is 9.08. The SMILES string of the molecule is CCC1CCCC1NCCn1ccnn1. The third kappa shape index (κ3) is 2.78. The van der Waals surface area contributed by atoms with Crippen LogP contribution in [-0.4, -0.2) is 27.6 Å². The van der Waals surface area contributed by atoms with Crippen molar-refractivity contribution < 1.29 is 0 Å². The molecular weight excluding hydrogens is 188 g/mol. The predicted molar refractivity (Wildman–Crippen MR) is 59.4 cm³/mol. The summed E-state index contributed by atoms with van der Waals surface area (Å²) in [7, 11) is 0. The van der Waals surface area contributed by atoms with Crippen LogP contribution >= 0.6 is 0 Å². The lowest BCUT2D eigenvalue weighted by Gasteiger charge is -2.19. The van der Waals surface area contributed by atoms with Gasteiger partial charge in [-0.05, 0) is 18.8 Å². The van der Waals surface area contributed by atoms with E-state index in [0.29, 0.717) is 0 Å². The maximum atomic E-state index is 3.95. The van der Waals surface area contributed by atoms with Crippen molar-refractivity contribution in [2.45, 2.75) is 45.2 Å². The summed E-state index contributed by atoms with van der Waals surface area (Å²) in [5.74, 6) is 0.890. The Kier molecular flexibility index (Phi) is 3.72. The molecule has 1 fully saturated rings. The summed E-state index contributed by atoms with van der Waals surface area (Å²) in [5.41, 5.74) is 0. The van der Waals surface area contributed by atoms with E-state index in [1.165, 1.54) is 25.7 Å². The molecule has 1 aliphatic rings. The minimum atomic E-state index is 0.735. The third-order valence-electron chi connectivity index (χ3n) is 3.40. The number of hydrogen-bond acceptors (Lipinski definition) is 3. The van der Waals surface area contributed by atoms with Gasteiger partial charge in [0.15, 0.2) is 0 Å². The zero-order chi connectivity index (χ0) is 10.5. The summed E-state index contributed by atoms with van der Waals surface area (Å²) in [4.78, 5) is 0. The second kappa shape index (κ2) is 5.26. The van der Waals surface area contributed by atoms with Crippen LogP contribution < -0.4 is 5.32 Å². The van der Waals surface area contributed by atoms with Crippen LogP contribution in [0.3, 0.4) is 0 Å². The van der Waals surface area contributed by atoms with E-state index in [0.717, 1.165) is 25.0 Å². The van der Waals surface area contributed by atoms with Crippen molar-refractivity contribution in [2.24, 2.45) is 5.92 Å². The van der Waals surface area contributed by atoms with Gasteiger partial charge in [-0.25, -0.2) is 0 Å². The van der Waals surface area contributed by atoms with E-state index in [9.17, 15) is 0 Å². The van der Waals surface area contributed by atoms with E-state index in [1.54, 1.807) is 6.20 Å². The molecule has 1 aliphatic carbocycles. The lowest BCUT2D eigenvalue weighted by Crippen LogP contribution is -2.34. The average molecular weight is 208 g/mol. The molecule has 2 atom stereocenters. The molecule has 1 aromatic rings. The molecular formula is C11H20N4. The molecule has 4 nitrogen and oxygen atoms in total. The number of rotatable bonds is 5. The van der Waals surface area contributed by atoms with Crippen LogP contribution in [0.25, 0.3) is 0 Å². The molecule has 15 heavy (non-hydrogen) atoms. The van der Waals surface area contributed by atoms with Crippen molar-refractivity contribution >= 4 is 0 Å². The molecule has 84 valence electrons. The Morgan fingerprint density at radius 1 is 1.47 bits per heavy atom. The van der Waals surface area contributed by atoms with Gasteiger partial charge in [-0.3, -0.25) is 4.68 Å². The highest BCUT2D eigenvalue weighted by Gasteiger charge is 2.24. The molecule has 1 saturated carbocycles. The fraction of sp³-hybridized carbons (Fsp3) is 0.818. The molecule has 0 radical (unpaired) electrons. The molecule has 4 heteroatoms. The molecule has 1 N–H and O–H groups in total. The number of hydrogen-bond donors (Lipinski definition) is 1. The van der Waals surface area contributed by atoms with Gasteiger partial charge < -0.3 is 5.32 Å². The standard InChI is InChI=1S/C11H20N4/c1-2-10-4-3-5-11(10)12-6-8-15-9-7-13-14-15/h7,9-12H,2-6,8H2,1H3. The van der Waals surface area contributed by atoms with Gasteiger partial charge in [-0.15, -0.1) is 5.10 Å². The summed E-state index contributed by atoms with van der Waals surface area (Å²) < 4.78 is 1.88. The van der Waals surface area contributed by atoms with E-state index < -0.39 is 0 Å². The number of aromatic nitrogens is 3. The Hall–Kier alpha value is -0.900. The number of nitrogens with zero attached hydrogens (tertiary/aromatic N) is 3. The maximum Gasteiger partial charge on any atom is 0.0692 e. The number of nitrogens with one attached hydrogen (secondary N) is 1. The van der Waals surface area contributed by atoms with Gasteiger partial charge in [0.05, 0.1) is 12.7 Å². The normalized spacial score (nSPS) is 25.9. The molecule has 2 rings (SSSR count). The molecule has 0 spiro atoms. The average Bonchev–Trinajstić information content (AvgIpc) is 2.88. The molecule has 0 saturated heterocycles. The van der Waals surface area contributed by atoms with Crippen LogP contribution in [0, 0.1) is 5.92 Å². The van der Waals surface area contributed by atoms with Crippen molar-refractivity contribution in [3.8, 4) is 0 Å². The molecule has 2 unspecified atom stereocenters. The first kappa shape index (κ1) is 10.6. The summed E-state index contributed by atoms with van der Waals surface area (Å²) in [6, 6.07) is 0.735. The first-order valence-electron chi connectivity index (χ1n) is 5.97. The van der Waals surface area contributed by atoms with Crippen LogP contribution in [0.1, 0.15) is 32.6 Å². The van der Waals surface area contributed by atoms with Crippen molar-refractivity contribution in [3.63, 3.8) is 0 Å². The topological polar surface area (TPSA) is 42.7 Å². The fourth-order valence-corrected chi connectivity index (χ4v) is 2.51. The van der Waals surface area contributed by atoms with E-state index in [4.69, 9.17) is 0 Å². The summed E-state index contributed by atoms with van der Waals surface area (Å²) in [5, 5.41) is 11.4. The molecule has 0 amide bonds. The van der Waals surface area contributed by atoms with Crippen molar-refractivity contribution in [1.29, 1.82) is 0 Å². The van der Waals surface area contributed by atoms with Crippen molar-refractivity contribution in [2.75, 3.05) is 6.54 Å². The minimum Gasteiger partial charge on any atom is -0.312 e. The van der Waals surface area contributed by atoms with Crippen molar-refractivity contribution in [3.05, 3.63) is 12.4 Å². The van der Waals surface area contributed by atoms with E-state index in [2.05, 4.69) is 22.6 Å². The van der Waals surface area contributed by atoms with Crippen LogP contribution in [0.4, 0.5) is 0 Å². The monoisotopic (exact) mass is 208 g/mol.